The monoisotopic (exact) mass is 238 g/mol. The molecule has 5 nitrogen and oxygen atoms in total. The number of piperidine rings is 1. The van der Waals surface area contributed by atoms with E-state index in [1.807, 2.05) is 4.90 Å². The third-order valence-corrected chi connectivity index (χ3v) is 3.21. The molecule has 0 saturated carbocycles. The minimum Gasteiger partial charge on any atom is -0.479 e. The Hall–Kier alpha value is -1.52. The number of amides is 1. The van der Waals surface area contributed by atoms with Gasteiger partial charge in [-0.2, -0.15) is 0 Å². The number of nitrogens with zero attached hydrogens (tertiary/aromatic N) is 2. The van der Waals surface area contributed by atoms with Crippen LogP contribution < -0.4 is 4.74 Å². The highest BCUT2D eigenvalue weighted by molar-refractivity contribution is 5.78. The molecule has 0 aliphatic carbocycles. The first-order valence-corrected chi connectivity index (χ1v) is 5.96. The number of aromatic nitrogens is 1. The minimum absolute atomic E-state index is 0.107. The molecule has 2 rings (SSSR count). The molecule has 0 atom stereocenters. The predicted octanol–water partition coefficient (Wildman–Crippen LogP) is 1.48. The van der Waals surface area contributed by atoms with Gasteiger partial charge in [-0.25, -0.2) is 0 Å². The summed E-state index contributed by atoms with van der Waals surface area (Å²) in [5.74, 6) is 1.81. The third-order valence-electron chi connectivity index (χ3n) is 3.21. The second-order valence-corrected chi connectivity index (χ2v) is 4.58. The van der Waals surface area contributed by atoms with E-state index in [9.17, 15) is 4.79 Å². The Labute approximate surface area is 101 Å². The first-order valence-electron chi connectivity index (χ1n) is 5.96. The van der Waals surface area contributed by atoms with Crippen LogP contribution in [0.2, 0.25) is 0 Å². The van der Waals surface area contributed by atoms with Crippen molar-refractivity contribution in [2.24, 2.45) is 5.92 Å². The third kappa shape index (κ3) is 2.99. The molecule has 1 fully saturated rings. The van der Waals surface area contributed by atoms with E-state index >= 15 is 0 Å². The van der Waals surface area contributed by atoms with Crippen molar-refractivity contribution < 1.29 is 14.1 Å². The summed E-state index contributed by atoms with van der Waals surface area (Å²) in [5, 5.41) is 3.68. The highest BCUT2D eigenvalue weighted by Gasteiger charge is 2.21. The SMILES string of the molecule is COc1cc(CC(=O)N2CCC(C)CC2)on1. The number of hydrogen-bond acceptors (Lipinski definition) is 4. The van der Waals surface area contributed by atoms with Gasteiger partial charge in [-0.05, 0) is 23.9 Å². The normalized spacial score (nSPS) is 17.2. The Kier molecular flexibility index (Phi) is 3.66. The van der Waals surface area contributed by atoms with Crippen LogP contribution in [0, 0.1) is 5.92 Å². The summed E-state index contributed by atoms with van der Waals surface area (Å²) in [6, 6.07) is 1.66. The number of hydrogen-bond donors (Lipinski definition) is 0. The number of rotatable bonds is 3. The molecule has 5 heteroatoms. The lowest BCUT2D eigenvalue weighted by Gasteiger charge is -2.30. The van der Waals surface area contributed by atoms with Crippen molar-refractivity contribution in [3.8, 4) is 5.88 Å². The molecule has 0 spiro atoms. The van der Waals surface area contributed by atoms with Crippen LogP contribution in [0.4, 0.5) is 0 Å². The van der Waals surface area contributed by atoms with Gasteiger partial charge in [-0.1, -0.05) is 6.92 Å². The van der Waals surface area contributed by atoms with Gasteiger partial charge in [-0.3, -0.25) is 4.79 Å². The Morgan fingerprint density at radius 1 is 1.59 bits per heavy atom. The fourth-order valence-corrected chi connectivity index (χ4v) is 1.99. The Balaban J connectivity index is 1.88. The lowest BCUT2D eigenvalue weighted by molar-refractivity contribution is -0.132. The fourth-order valence-electron chi connectivity index (χ4n) is 1.99. The molecule has 1 saturated heterocycles. The van der Waals surface area contributed by atoms with E-state index in [-0.39, 0.29) is 12.3 Å². The van der Waals surface area contributed by atoms with Crippen LogP contribution in [-0.4, -0.2) is 36.2 Å². The topological polar surface area (TPSA) is 55.6 Å². The van der Waals surface area contributed by atoms with E-state index in [4.69, 9.17) is 9.26 Å². The van der Waals surface area contributed by atoms with Crippen molar-refractivity contribution in [2.75, 3.05) is 20.2 Å². The highest BCUT2D eigenvalue weighted by atomic mass is 16.5. The number of carbonyl (C=O) groups excluding carboxylic acids is 1. The van der Waals surface area contributed by atoms with E-state index in [2.05, 4.69) is 12.1 Å². The summed E-state index contributed by atoms with van der Waals surface area (Å²) in [7, 11) is 1.52. The maximum atomic E-state index is 12.0. The van der Waals surface area contributed by atoms with E-state index in [0.29, 0.717) is 11.6 Å². The second-order valence-electron chi connectivity index (χ2n) is 4.58. The minimum atomic E-state index is 0.107. The van der Waals surface area contributed by atoms with Crippen LogP contribution in [0.3, 0.4) is 0 Å². The number of methoxy groups -OCH3 is 1. The molecule has 1 aromatic heterocycles. The van der Waals surface area contributed by atoms with Gasteiger partial charge in [0.2, 0.25) is 5.91 Å². The van der Waals surface area contributed by atoms with Crippen molar-refractivity contribution >= 4 is 5.91 Å². The van der Waals surface area contributed by atoms with E-state index in [0.717, 1.165) is 31.8 Å². The van der Waals surface area contributed by atoms with Gasteiger partial charge >= 0.3 is 0 Å². The zero-order valence-electron chi connectivity index (χ0n) is 10.3. The van der Waals surface area contributed by atoms with Crippen molar-refractivity contribution in [1.82, 2.24) is 10.1 Å². The van der Waals surface area contributed by atoms with Gasteiger partial charge in [-0.15, -0.1) is 0 Å². The maximum absolute atomic E-state index is 12.0. The second kappa shape index (κ2) is 5.21. The molecule has 17 heavy (non-hydrogen) atoms. The van der Waals surface area contributed by atoms with Gasteiger partial charge in [0, 0.05) is 19.2 Å². The molecular formula is C12H18N2O3. The van der Waals surface area contributed by atoms with Gasteiger partial charge in [0.25, 0.3) is 5.88 Å². The molecule has 1 amide bonds. The van der Waals surface area contributed by atoms with E-state index in [1.54, 1.807) is 6.07 Å². The summed E-state index contributed by atoms with van der Waals surface area (Å²) in [6.45, 7) is 3.93. The molecule has 0 unspecified atom stereocenters. The summed E-state index contributed by atoms with van der Waals surface area (Å²) in [6.07, 6.45) is 2.45. The van der Waals surface area contributed by atoms with Gasteiger partial charge in [0.15, 0.2) is 0 Å². The van der Waals surface area contributed by atoms with Crippen LogP contribution in [0.15, 0.2) is 10.6 Å². The highest BCUT2D eigenvalue weighted by Crippen LogP contribution is 2.18. The molecule has 0 aromatic carbocycles. The Bertz CT molecular complexity index is 381. The first kappa shape index (κ1) is 12.0. The molecule has 0 bridgehead atoms. The number of likely N-dealkylation sites (tertiary alicyclic amines) is 1. The number of carbonyl (C=O) groups is 1. The van der Waals surface area contributed by atoms with Crippen molar-refractivity contribution in [2.45, 2.75) is 26.2 Å². The Morgan fingerprint density at radius 3 is 2.88 bits per heavy atom. The zero-order chi connectivity index (χ0) is 12.3. The van der Waals surface area contributed by atoms with Gasteiger partial charge < -0.3 is 14.2 Å². The van der Waals surface area contributed by atoms with E-state index < -0.39 is 0 Å². The van der Waals surface area contributed by atoms with Crippen molar-refractivity contribution in [3.63, 3.8) is 0 Å². The molecule has 1 aromatic rings. The van der Waals surface area contributed by atoms with E-state index in [1.165, 1.54) is 7.11 Å². The van der Waals surface area contributed by atoms with Crippen molar-refractivity contribution in [3.05, 3.63) is 11.8 Å². The quantitative estimate of drug-likeness (QED) is 0.800. The van der Waals surface area contributed by atoms with Crippen LogP contribution in [0.5, 0.6) is 5.88 Å². The van der Waals surface area contributed by atoms with Crippen LogP contribution in [0.25, 0.3) is 0 Å². The summed E-state index contributed by atoms with van der Waals surface area (Å²) in [5.41, 5.74) is 0. The first-order chi connectivity index (χ1) is 8.19. The van der Waals surface area contributed by atoms with Crippen LogP contribution in [0.1, 0.15) is 25.5 Å². The van der Waals surface area contributed by atoms with Crippen LogP contribution >= 0.6 is 0 Å². The van der Waals surface area contributed by atoms with Gasteiger partial charge in [0.05, 0.1) is 13.5 Å². The lowest BCUT2D eigenvalue weighted by atomic mass is 9.99. The standard InChI is InChI=1S/C12H18N2O3/c1-9-3-5-14(6-4-9)12(15)8-10-7-11(16-2)13-17-10/h7,9H,3-6,8H2,1-2H3. The molecule has 1 aliphatic heterocycles. The molecule has 0 N–H and O–H groups in total. The Morgan fingerprint density at radius 2 is 2.29 bits per heavy atom. The summed E-state index contributed by atoms with van der Waals surface area (Å²) in [4.78, 5) is 13.9. The van der Waals surface area contributed by atoms with Crippen molar-refractivity contribution in [1.29, 1.82) is 0 Å². The molecule has 94 valence electrons. The summed E-state index contributed by atoms with van der Waals surface area (Å²) < 4.78 is 9.92. The van der Waals surface area contributed by atoms with Gasteiger partial charge in [0.1, 0.15) is 5.76 Å². The zero-order valence-corrected chi connectivity index (χ0v) is 10.3. The molecule has 2 heterocycles. The average Bonchev–Trinajstić information content (AvgIpc) is 2.77. The molecule has 0 radical (unpaired) electrons. The fraction of sp³-hybridized carbons (Fsp3) is 0.667. The average molecular weight is 238 g/mol. The molecular weight excluding hydrogens is 220 g/mol. The predicted molar refractivity (Wildman–Crippen MR) is 61.7 cm³/mol. The van der Waals surface area contributed by atoms with Crippen LogP contribution in [-0.2, 0) is 11.2 Å². The lowest BCUT2D eigenvalue weighted by Crippen LogP contribution is -2.38. The number of ether oxygens (including phenoxy) is 1. The smallest absolute Gasteiger partial charge is 0.254 e. The molecule has 1 aliphatic rings. The summed E-state index contributed by atoms with van der Waals surface area (Å²) >= 11 is 0. The maximum Gasteiger partial charge on any atom is 0.254 e. The largest absolute Gasteiger partial charge is 0.479 e.